The van der Waals surface area contributed by atoms with Gasteiger partial charge in [-0.1, -0.05) is 18.2 Å². The minimum absolute atomic E-state index is 0.386. The van der Waals surface area contributed by atoms with Gasteiger partial charge < -0.3 is 10.1 Å². The van der Waals surface area contributed by atoms with Gasteiger partial charge in [0.1, 0.15) is 5.69 Å². The third-order valence-corrected chi connectivity index (χ3v) is 4.67. The van der Waals surface area contributed by atoms with Crippen molar-refractivity contribution in [3.05, 3.63) is 29.2 Å². The lowest BCUT2D eigenvalue weighted by molar-refractivity contribution is 0.286. The van der Waals surface area contributed by atoms with E-state index in [1.807, 2.05) is 6.92 Å². The summed E-state index contributed by atoms with van der Waals surface area (Å²) in [6.45, 7) is 7.27. The summed E-state index contributed by atoms with van der Waals surface area (Å²) in [5, 5.41) is 22.0. The number of aromatic nitrogens is 6. The second kappa shape index (κ2) is 6.89. The van der Waals surface area contributed by atoms with Crippen LogP contribution in [0.15, 0.2) is 18.3 Å². The maximum Gasteiger partial charge on any atom is 0.257 e. The van der Waals surface area contributed by atoms with Crippen LogP contribution >= 0.6 is 11.6 Å². The van der Waals surface area contributed by atoms with E-state index in [1.54, 1.807) is 15.6 Å². The molecule has 0 aliphatic carbocycles. The van der Waals surface area contributed by atoms with Crippen LogP contribution in [0.1, 0.15) is 18.5 Å². The Labute approximate surface area is 160 Å². The summed E-state index contributed by atoms with van der Waals surface area (Å²) in [7, 11) is 0. The SMILES string of the molecule is C=C(C#N)CCn1nc2c(c1C)Nc1ncc3c(Cl)nn(c3n1)CCCO2. The van der Waals surface area contributed by atoms with Crippen molar-refractivity contribution in [2.45, 2.75) is 32.9 Å². The van der Waals surface area contributed by atoms with Crippen LogP contribution in [-0.2, 0) is 13.1 Å². The molecule has 4 rings (SSSR count). The Morgan fingerprint density at radius 3 is 3.15 bits per heavy atom. The average molecular weight is 385 g/mol. The van der Waals surface area contributed by atoms with Gasteiger partial charge in [-0.15, -0.1) is 5.10 Å². The Bertz CT molecular complexity index is 1080. The Balaban J connectivity index is 1.72. The smallest absolute Gasteiger partial charge is 0.257 e. The zero-order chi connectivity index (χ0) is 19.0. The molecule has 0 saturated heterocycles. The highest BCUT2D eigenvalue weighted by molar-refractivity contribution is 6.34. The second-order valence-corrected chi connectivity index (χ2v) is 6.58. The number of rotatable bonds is 3. The third-order valence-electron chi connectivity index (χ3n) is 4.39. The van der Waals surface area contributed by atoms with Crippen LogP contribution in [0.3, 0.4) is 0 Å². The van der Waals surface area contributed by atoms with Crippen molar-refractivity contribution in [1.82, 2.24) is 29.5 Å². The Morgan fingerprint density at radius 1 is 1.48 bits per heavy atom. The molecule has 138 valence electrons. The van der Waals surface area contributed by atoms with Crippen LogP contribution in [-0.4, -0.2) is 36.1 Å². The molecular formula is C17H17ClN8O. The predicted molar refractivity (Wildman–Crippen MR) is 100 cm³/mol. The van der Waals surface area contributed by atoms with Crippen molar-refractivity contribution in [2.24, 2.45) is 0 Å². The lowest BCUT2D eigenvalue weighted by Crippen LogP contribution is -2.07. The molecule has 2 bridgehead atoms. The van der Waals surface area contributed by atoms with Crippen LogP contribution in [0.2, 0.25) is 5.15 Å². The number of allylic oxidation sites excluding steroid dienone is 1. The number of nitrogens with zero attached hydrogens (tertiary/aromatic N) is 7. The van der Waals surface area contributed by atoms with E-state index in [0.717, 1.165) is 12.1 Å². The minimum Gasteiger partial charge on any atom is -0.475 e. The largest absolute Gasteiger partial charge is 0.475 e. The summed E-state index contributed by atoms with van der Waals surface area (Å²) in [5.74, 6) is 0.896. The molecule has 0 fully saturated rings. The molecule has 0 unspecified atom stereocenters. The molecule has 1 aliphatic heterocycles. The molecular weight excluding hydrogens is 368 g/mol. The summed E-state index contributed by atoms with van der Waals surface area (Å²) in [6, 6.07) is 2.05. The van der Waals surface area contributed by atoms with Gasteiger partial charge in [0.2, 0.25) is 5.95 Å². The molecule has 0 aromatic carbocycles. The first-order chi connectivity index (χ1) is 13.1. The van der Waals surface area contributed by atoms with E-state index in [-0.39, 0.29) is 0 Å². The summed E-state index contributed by atoms with van der Waals surface area (Å²) >= 11 is 6.17. The van der Waals surface area contributed by atoms with Crippen LogP contribution in [0, 0.1) is 18.3 Å². The standard InChI is InChI=1S/C17H17ClN8O/c1-10(8-19)4-6-25-11(2)13-16(24-25)27-7-3-5-26-15-12(14(18)23-26)9-20-17(21-13)22-15/h9H,1,3-7H2,2H3,(H,20,21,22). The maximum atomic E-state index is 8.90. The molecule has 3 aromatic heterocycles. The number of nitrogens with one attached hydrogen (secondary N) is 1. The zero-order valence-corrected chi connectivity index (χ0v) is 15.5. The van der Waals surface area contributed by atoms with E-state index in [0.29, 0.717) is 65.4 Å². The van der Waals surface area contributed by atoms with E-state index in [1.165, 1.54) is 0 Å². The van der Waals surface area contributed by atoms with Crippen molar-refractivity contribution in [3.63, 3.8) is 0 Å². The number of aryl methyl sites for hydroxylation is 2. The van der Waals surface area contributed by atoms with Gasteiger partial charge >= 0.3 is 0 Å². The second-order valence-electron chi connectivity index (χ2n) is 6.23. The minimum atomic E-state index is 0.386. The van der Waals surface area contributed by atoms with Gasteiger partial charge in [0, 0.05) is 37.7 Å². The van der Waals surface area contributed by atoms with Crippen LogP contribution < -0.4 is 10.1 Å². The Kier molecular flexibility index (Phi) is 4.41. The third kappa shape index (κ3) is 3.19. The number of anilines is 2. The van der Waals surface area contributed by atoms with Gasteiger partial charge in [-0.05, 0) is 6.92 Å². The van der Waals surface area contributed by atoms with Gasteiger partial charge in [0.15, 0.2) is 10.8 Å². The predicted octanol–water partition coefficient (Wildman–Crippen LogP) is 2.98. The van der Waals surface area contributed by atoms with E-state index in [9.17, 15) is 0 Å². The number of nitriles is 1. The van der Waals surface area contributed by atoms with Crippen molar-refractivity contribution in [1.29, 1.82) is 5.26 Å². The topological polar surface area (TPSA) is 106 Å². The fourth-order valence-electron chi connectivity index (χ4n) is 2.91. The van der Waals surface area contributed by atoms with Gasteiger partial charge in [0.05, 0.1) is 23.8 Å². The Hall–Kier alpha value is -3.12. The lowest BCUT2D eigenvalue weighted by Gasteiger charge is -2.07. The lowest BCUT2D eigenvalue weighted by atomic mass is 10.2. The first-order valence-electron chi connectivity index (χ1n) is 8.51. The number of ether oxygens (including phenoxy) is 1. The fourth-order valence-corrected chi connectivity index (χ4v) is 3.14. The van der Waals surface area contributed by atoms with Crippen LogP contribution in [0.25, 0.3) is 11.0 Å². The number of halogens is 1. The van der Waals surface area contributed by atoms with Crippen LogP contribution in [0.5, 0.6) is 5.88 Å². The van der Waals surface area contributed by atoms with Gasteiger partial charge in [-0.3, -0.25) is 4.68 Å². The highest BCUT2D eigenvalue weighted by Gasteiger charge is 2.20. The molecule has 0 amide bonds. The number of fused-ring (bicyclic) bond motifs is 2. The summed E-state index contributed by atoms with van der Waals surface area (Å²) in [6.07, 6.45) is 2.91. The molecule has 10 heteroatoms. The molecule has 4 heterocycles. The number of hydrogen-bond donors (Lipinski definition) is 1. The first kappa shape index (κ1) is 17.3. The molecule has 9 nitrogen and oxygen atoms in total. The maximum absolute atomic E-state index is 8.90. The highest BCUT2D eigenvalue weighted by Crippen LogP contribution is 2.31. The molecule has 1 N–H and O–H groups in total. The summed E-state index contributed by atoms with van der Waals surface area (Å²) in [4.78, 5) is 8.90. The van der Waals surface area contributed by atoms with Gasteiger partial charge in [0.25, 0.3) is 5.88 Å². The van der Waals surface area contributed by atoms with Gasteiger partial charge in [-0.25, -0.2) is 9.67 Å². The molecule has 0 atom stereocenters. The molecule has 0 spiro atoms. The Morgan fingerprint density at radius 2 is 2.33 bits per heavy atom. The average Bonchev–Trinajstić information content (AvgIpc) is 3.13. The van der Waals surface area contributed by atoms with E-state index in [4.69, 9.17) is 21.6 Å². The summed E-state index contributed by atoms with van der Waals surface area (Å²) in [5.41, 5.74) is 2.76. The quantitative estimate of drug-likeness (QED) is 0.691. The van der Waals surface area contributed by atoms with Crippen LogP contribution in [0.4, 0.5) is 11.6 Å². The van der Waals surface area contributed by atoms with Crippen molar-refractivity contribution in [3.8, 4) is 11.9 Å². The summed E-state index contributed by atoms with van der Waals surface area (Å²) < 4.78 is 9.44. The molecule has 3 aromatic rings. The first-order valence-corrected chi connectivity index (χ1v) is 8.89. The van der Waals surface area contributed by atoms with Gasteiger partial charge in [-0.2, -0.15) is 15.3 Å². The van der Waals surface area contributed by atoms with Crippen molar-refractivity contribution in [2.75, 3.05) is 11.9 Å². The normalized spacial score (nSPS) is 13.4. The molecule has 0 radical (unpaired) electrons. The molecule has 27 heavy (non-hydrogen) atoms. The highest BCUT2D eigenvalue weighted by atomic mass is 35.5. The number of hydrogen-bond acceptors (Lipinski definition) is 7. The van der Waals surface area contributed by atoms with Crippen molar-refractivity contribution >= 4 is 34.3 Å². The molecule has 0 saturated carbocycles. The molecule has 1 aliphatic rings. The van der Waals surface area contributed by atoms with E-state index >= 15 is 0 Å². The van der Waals surface area contributed by atoms with Crippen molar-refractivity contribution < 1.29 is 4.74 Å². The van der Waals surface area contributed by atoms with E-state index in [2.05, 4.69) is 38.1 Å². The zero-order valence-electron chi connectivity index (χ0n) is 14.7. The van der Waals surface area contributed by atoms with E-state index < -0.39 is 0 Å². The monoisotopic (exact) mass is 384 g/mol. The fraction of sp³-hybridized carbons (Fsp3) is 0.353.